The fourth-order valence-electron chi connectivity index (χ4n) is 2.85. The highest BCUT2D eigenvalue weighted by molar-refractivity contribution is 5.65. The molecule has 1 N–H and O–H groups in total. The first-order valence-corrected chi connectivity index (χ1v) is 8.17. The molecular weight excluding hydrogens is 274 g/mol. The quantitative estimate of drug-likeness (QED) is 0.826. The average Bonchev–Trinajstić information content (AvgIpc) is 2.58. The van der Waals surface area contributed by atoms with Crippen LogP contribution in [0.2, 0.25) is 0 Å². The third kappa shape index (κ3) is 3.35. The fourth-order valence-corrected chi connectivity index (χ4v) is 2.85. The first kappa shape index (κ1) is 14.8. The molecule has 0 spiro atoms. The molecule has 5 nitrogen and oxygen atoms in total. The second-order valence-corrected chi connectivity index (χ2v) is 5.66. The van der Waals surface area contributed by atoms with Gasteiger partial charge >= 0.3 is 0 Å². The number of nitrogens with zero attached hydrogens (tertiary/aromatic N) is 4. The van der Waals surface area contributed by atoms with Crippen LogP contribution >= 0.6 is 0 Å². The van der Waals surface area contributed by atoms with Crippen molar-refractivity contribution < 1.29 is 0 Å². The van der Waals surface area contributed by atoms with E-state index in [0.717, 1.165) is 38.2 Å². The van der Waals surface area contributed by atoms with E-state index < -0.39 is 0 Å². The molecule has 22 heavy (non-hydrogen) atoms. The molecule has 116 valence electrons. The van der Waals surface area contributed by atoms with Crippen LogP contribution in [0.1, 0.15) is 38.2 Å². The van der Waals surface area contributed by atoms with E-state index in [-0.39, 0.29) is 0 Å². The van der Waals surface area contributed by atoms with E-state index >= 15 is 0 Å². The maximum Gasteiger partial charge on any atom is 0.244 e. The minimum Gasteiger partial charge on any atom is -0.353 e. The summed E-state index contributed by atoms with van der Waals surface area (Å²) < 4.78 is 0. The molecule has 0 unspecified atom stereocenters. The van der Waals surface area contributed by atoms with Crippen LogP contribution < -0.4 is 10.2 Å². The molecule has 0 saturated heterocycles. The summed E-state index contributed by atoms with van der Waals surface area (Å²) in [5, 5.41) is 11.5. The monoisotopic (exact) mass is 297 g/mol. The van der Waals surface area contributed by atoms with Crippen LogP contribution in [0.25, 0.3) is 0 Å². The van der Waals surface area contributed by atoms with Crippen molar-refractivity contribution in [2.45, 2.75) is 39.0 Å². The molecule has 0 bridgehead atoms. The van der Waals surface area contributed by atoms with Crippen LogP contribution in [0.4, 0.5) is 17.5 Å². The zero-order chi connectivity index (χ0) is 15.2. The molecule has 3 rings (SSSR count). The number of nitrogens with one attached hydrogen (secondary N) is 1. The standard InChI is InChI=1S/C17H23N5/c1-2-3-6-11-18-17-20-16(13-19-21-17)22-12-7-9-14-8-4-5-10-15(14)22/h4-5,8,10,13H,2-3,6-7,9,11-12H2,1H3,(H,18,20,21). The highest BCUT2D eigenvalue weighted by Gasteiger charge is 2.19. The summed E-state index contributed by atoms with van der Waals surface area (Å²) in [4.78, 5) is 6.87. The van der Waals surface area contributed by atoms with E-state index in [0.29, 0.717) is 5.95 Å². The van der Waals surface area contributed by atoms with E-state index in [1.807, 2.05) is 0 Å². The van der Waals surface area contributed by atoms with Crippen molar-refractivity contribution in [3.63, 3.8) is 0 Å². The van der Waals surface area contributed by atoms with Gasteiger partial charge in [-0.05, 0) is 30.9 Å². The number of aryl methyl sites for hydroxylation is 1. The number of rotatable bonds is 6. The van der Waals surface area contributed by atoms with Gasteiger partial charge in [-0.3, -0.25) is 0 Å². The summed E-state index contributed by atoms with van der Waals surface area (Å²) in [6, 6.07) is 8.53. The van der Waals surface area contributed by atoms with Gasteiger partial charge in [-0.1, -0.05) is 38.0 Å². The molecule has 0 radical (unpaired) electrons. The normalized spacial score (nSPS) is 13.8. The van der Waals surface area contributed by atoms with Gasteiger partial charge in [0.2, 0.25) is 5.95 Å². The number of anilines is 3. The molecule has 0 saturated carbocycles. The molecule has 0 atom stereocenters. The number of para-hydroxylation sites is 1. The lowest BCUT2D eigenvalue weighted by molar-refractivity contribution is 0.734. The first-order chi connectivity index (χ1) is 10.9. The molecule has 2 aromatic rings. The molecule has 1 aliphatic rings. The van der Waals surface area contributed by atoms with E-state index in [1.54, 1.807) is 6.20 Å². The van der Waals surface area contributed by atoms with Crippen molar-refractivity contribution in [3.05, 3.63) is 36.0 Å². The minimum absolute atomic E-state index is 0.622. The predicted molar refractivity (Wildman–Crippen MR) is 89.6 cm³/mol. The van der Waals surface area contributed by atoms with Gasteiger partial charge in [-0.25, -0.2) is 0 Å². The van der Waals surface area contributed by atoms with E-state index in [4.69, 9.17) is 0 Å². The van der Waals surface area contributed by atoms with Gasteiger partial charge in [0.1, 0.15) is 0 Å². The Labute approximate surface area is 131 Å². The van der Waals surface area contributed by atoms with E-state index in [1.165, 1.54) is 24.1 Å². The number of unbranched alkanes of at least 4 members (excludes halogenated alkanes) is 2. The van der Waals surface area contributed by atoms with Crippen LogP contribution in [0.15, 0.2) is 30.5 Å². The summed E-state index contributed by atoms with van der Waals surface area (Å²) >= 11 is 0. The second-order valence-electron chi connectivity index (χ2n) is 5.66. The SMILES string of the molecule is CCCCCNc1nncc(N2CCCc3ccccc32)n1. The zero-order valence-electron chi connectivity index (χ0n) is 13.1. The van der Waals surface area contributed by atoms with Crippen molar-refractivity contribution in [3.8, 4) is 0 Å². The average molecular weight is 297 g/mol. The maximum atomic E-state index is 4.63. The Hall–Kier alpha value is -2.17. The number of fused-ring (bicyclic) bond motifs is 1. The Morgan fingerprint density at radius 2 is 2.14 bits per heavy atom. The van der Waals surface area contributed by atoms with Crippen LogP contribution in [-0.4, -0.2) is 28.3 Å². The molecule has 5 heteroatoms. The van der Waals surface area contributed by atoms with Crippen molar-refractivity contribution in [1.82, 2.24) is 15.2 Å². The lowest BCUT2D eigenvalue weighted by atomic mass is 10.0. The molecule has 0 fully saturated rings. The van der Waals surface area contributed by atoms with Crippen molar-refractivity contribution in [2.24, 2.45) is 0 Å². The van der Waals surface area contributed by atoms with Gasteiger partial charge in [-0.15, -0.1) is 5.10 Å². The summed E-state index contributed by atoms with van der Waals surface area (Å²) in [5.41, 5.74) is 2.62. The van der Waals surface area contributed by atoms with Gasteiger partial charge in [0, 0.05) is 18.8 Å². The van der Waals surface area contributed by atoms with Crippen LogP contribution in [0, 0.1) is 0 Å². The van der Waals surface area contributed by atoms with E-state index in [2.05, 4.69) is 56.6 Å². The predicted octanol–water partition coefficient (Wildman–Crippen LogP) is 3.56. The van der Waals surface area contributed by atoms with Crippen molar-refractivity contribution in [1.29, 1.82) is 0 Å². The van der Waals surface area contributed by atoms with E-state index in [9.17, 15) is 0 Å². The molecule has 0 amide bonds. The van der Waals surface area contributed by atoms with Crippen molar-refractivity contribution >= 4 is 17.5 Å². The summed E-state index contributed by atoms with van der Waals surface area (Å²) in [6.07, 6.45) is 7.59. The lowest BCUT2D eigenvalue weighted by Gasteiger charge is -2.30. The number of benzene rings is 1. The third-order valence-corrected chi connectivity index (χ3v) is 4.00. The van der Waals surface area contributed by atoms with Crippen LogP contribution in [-0.2, 0) is 6.42 Å². The molecule has 1 aromatic carbocycles. The van der Waals surface area contributed by atoms with Gasteiger partial charge in [0.15, 0.2) is 5.82 Å². The second kappa shape index (κ2) is 7.20. The molecule has 1 aliphatic heterocycles. The highest BCUT2D eigenvalue weighted by Crippen LogP contribution is 2.31. The highest BCUT2D eigenvalue weighted by atomic mass is 15.3. The van der Waals surface area contributed by atoms with Gasteiger partial charge in [0.05, 0.1) is 6.20 Å². The molecule has 1 aromatic heterocycles. The minimum atomic E-state index is 0.622. The Bertz CT molecular complexity index is 614. The van der Waals surface area contributed by atoms with Crippen LogP contribution in [0.3, 0.4) is 0 Å². The maximum absolute atomic E-state index is 4.63. The van der Waals surface area contributed by atoms with Gasteiger partial charge in [-0.2, -0.15) is 10.1 Å². The van der Waals surface area contributed by atoms with Crippen molar-refractivity contribution in [2.75, 3.05) is 23.3 Å². The Balaban J connectivity index is 1.75. The molecular formula is C17H23N5. The summed E-state index contributed by atoms with van der Waals surface area (Å²) in [6.45, 7) is 4.08. The number of hydrogen-bond acceptors (Lipinski definition) is 5. The number of hydrogen-bond donors (Lipinski definition) is 1. The Morgan fingerprint density at radius 1 is 1.23 bits per heavy atom. The zero-order valence-corrected chi connectivity index (χ0v) is 13.1. The molecule has 0 aliphatic carbocycles. The summed E-state index contributed by atoms with van der Waals surface area (Å²) in [5.74, 6) is 1.50. The third-order valence-electron chi connectivity index (χ3n) is 4.00. The van der Waals surface area contributed by atoms with Gasteiger partial charge < -0.3 is 10.2 Å². The summed E-state index contributed by atoms with van der Waals surface area (Å²) in [7, 11) is 0. The lowest BCUT2D eigenvalue weighted by Crippen LogP contribution is -2.25. The van der Waals surface area contributed by atoms with Crippen LogP contribution in [0.5, 0.6) is 0 Å². The fraction of sp³-hybridized carbons (Fsp3) is 0.471. The number of aromatic nitrogens is 3. The smallest absolute Gasteiger partial charge is 0.244 e. The Kier molecular flexibility index (Phi) is 4.83. The molecule has 2 heterocycles. The Morgan fingerprint density at radius 3 is 3.05 bits per heavy atom. The topological polar surface area (TPSA) is 53.9 Å². The largest absolute Gasteiger partial charge is 0.353 e. The van der Waals surface area contributed by atoms with Gasteiger partial charge in [0.25, 0.3) is 0 Å². The first-order valence-electron chi connectivity index (χ1n) is 8.17.